The van der Waals surface area contributed by atoms with Crippen LogP contribution in [0.4, 0.5) is 11.4 Å². The van der Waals surface area contributed by atoms with Crippen LogP contribution in [0.15, 0.2) is 24.3 Å². The molecular formula is C11H14N2O3. The third kappa shape index (κ3) is 3.68. The minimum absolute atomic E-state index is 0.0256. The van der Waals surface area contributed by atoms with Crippen LogP contribution in [0, 0.1) is 16.0 Å². The second-order valence-corrected chi connectivity index (χ2v) is 3.95. The van der Waals surface area contributed by atoms with Crippen LogP contribution in [0.25, 0.3) is 0 Å². The molecule has 1 amide bonds. The molecule has 0 saturated carbocycles. The molecule has 16 heavy (non-hydrogen) atoms. The van der Waals surface area contributed by atoms with Crippen LogP contribution in [0.3, 0.4) is 0 Å². The van der Waals surface area contributed by atoms with Gasteiger partial charge in [-0.25, -0.2) is 0 Å². The van der Waals surface area contributed by atoms with E-state index in [1.165, 1.54) is 12.1 Å². The lowest BCUT2D eigenvalue weighted by Gasteiger charge is -2.06. The van der Waals surface area contributed by atoms with Gasteiger partial charge in [-0.1, -0.05) is 19.9 Å². The van der Waals surface area contributed by atoms with Gasteiger partial charge in [-0.15, -0.1) is 0 Å². The number of hydrogen-bond acceptors (Lipinski definition) is 3. The molecular weight excluding hydrogens is 208 g/mol. The Hall–Kier alpha value is -1.91. The van der Waals surface area contributed by atoms with Crippen molar-refractivity contribution in [3.63, 3.8) is 0 Å². The summed E-state index contributed by atoms with van der Waals surface area (Å²) in [5, 5.41) is 13.1. The minimum Gasteiger partial charge on any atom is -0.326 e. The van der Waals surface area contributed by atoms with Gasteiger partial charge in [0.15, 0.2) is 0 Å². The summed E-state index contributed by atoms with van der Waals surface area (Å²) in [6.45, 7) is 3.88. The Bertz CT molecular complexity index is 402. The molecule has 0 atom stereocenters. The van der Waals surface area contributed by atoms with Gasteiger partial charge in [0.25, 0.3) is 5.69 Å². The Morgan fingerprint density at radius 1 is 1.50 bits per heavy atom. The molecule has 1 aromatic carbocycles. The van der Waals surface area contributed by atoms with Crippen LogP contribution in [-0.4, -0.2) is 10.8 Å². The predicted molar refractivity (Wildman–Crippen MR) is 61.2 cm³/mol. The molecule has 86 valence electrons. The van der Waals surface area contributed by atoms with Crippen LogP contribution < -0.4 is 5.32 Å². The Labute approximate surface area is 93.6 Å². The molecule has 0 bridgehead atoms. The molecule has 0 radical (unpaired) electrons. The lowest BCUT2D eigenvalue weighted by atomic mass is 10.1. The van der Waals surface area contributed by atoms with Crippen LogP contribution >= 0.6 is 0 Å². The van der Waals surface area contributed by atoms with Crippen molar-refractivity contribution in [2.75, 3.05) is 5.32 Å². The molecule has 0 saturated heterocycles. The van der Waals surface area contributed by atoms with E-state index < -0.39 is 4.92 Å². The summed E-state index contributed by atoms with van der Waals surface area (Å²) in [5.41, 5.74) is 0.433. The molecule has 1 N–H and O–H groups in total. The van der Waals surface area contributed by atoms with Crippen molar-refractivity contribution >= 4 is 17.3 Å². The Kier molecular flexibility index (Phi) is 3.99. The lowest BCUT2D eigenvalue weighted by molar-refractivity contribution is -0.384. The molecule has 0 unspecified atom stereocenters. The fourth-order valence-corrected chi connectivity index (χ4v) is 1.28. The van der Waals surface area contributed by atoms with E-state index in [0.29, 0.717) is 12.1 Å². The van der Waals surface area contributed by atoms with Crippen molar-refractivity contribution in [2.45, 2.75) is 20.3 Å². The molecule has 1 rings (SSSR count). The smallest absolute Gasteiger partial charge is 0.271 e. The van der Waals surface area contributed by atoms with Crippen molar-refractivity contribution in [1.29, 1.82) is 0 Å². The van der Waals surface area contributed by atoms with Crippen molar-refractivity contribution in [3.05, 3.63) is 34.4 Å². The summed E-state index contributed by atoms with van der Waals surface area (Å²) in [6.07, 6.45) is 0.405. The first kappa shape index (κ1) is 12.2. The maximum atomic E-state index is 11.4. The molecule has 0 fully saturated rings. The van der Waals surface area contributed by atoms with Crippen molar-refractivity contribution in [1.82, 2.24) is 0 Å². The van der Waals surface area contributed by atoms with Gasteiger partial charge in [0.1, 0.15) is 0 Å². The van der Waals surface area contributed by atoms with Crippen LogP contribution in [0.2, 0.25) is 0 Å². The van der Waals surface area contributed by atoms with E-state index in [1.807, 2.05) is 13.8 Å². The van der Waals surface area contributed by atoms with E-state index in [4.69, 9.17) is 0 Å². The van der Waals surface area contributed by atoms with E-state index in [2.05, 4.69) is 5.32 Å². The highest BCUT2D eigenvalue weighted by Crippen LogP contribution is 2.17. The van der Waals surface area contributed by atoms with E-state index >= 15 is 0 Å². The van der Waals surface area contributed by atoms with Gasteiger partial charge in [-0.3, -0.25) is 14.9 Å². The molecule has 5 nitrogen and oxygen atoms in total. The van der Waals surface area contributed by atoms with Gasteiger partial charge in [0, 0.05) is 24.2 Å². The van der Waals surface area contributed by atoms with Crippen molar-refractivity contribution < 1.29 is 9.72 Å². The van der Waals surface area contributed by atoms with Crippen LogP contribution in [0.1, 0.15) is 20.3 Å². The van der Waals surface area contributed by atoms with Crippen LogP contribution in [0.5, 0.6) is 0 Å². The average molecular weight is 222 g/mol. The van der Waals surface area contributed by atoms with E-state index in [0.717, 1.165) is 0 Å². The Morgan fingerprint density at radius 2 is 2.19 bits per heavy atom. The summed E-state index contributed by atoms with van der Waals surface area (Å²) in [5.74, 6) is 0.134. The average Bonchev–Trinajstić information content (AvgIpc) is 2.16. The number of hydrogen-bond donors (Lipinski definition) is 1. The highest BCUT2D eigenvalue weighted by molar-refractivity contribution is 5.91. The normalized spacial score (nSPS) is 10.2. The fraction of sp³-hybridized carbons (Fsp3) is 0.364. The number of anilines is 1. The monoisotopic (exact) mass is 222 g/mol. The minimum atomic E-state index is -0.488. The van der Waals surface area contributed by atoms with Gasteiger partial charge in [0.05, 0.1) is 4.92 Å². The lowest BCUT2D eigenvalue weighted by Crippen LogP contribution is -2.13. The summed E-state index contributed by atoms with van der Waals surface area (Å²) < 4.78 is 0. The van der Waals surface area contributed by atoms with Gasteiger partial charge < -0.3 is 5.32 Å². The summed E-state index contributed by atoms with van der Waals surface area (Å²) >= 11 is 0. The number of non-ortho nitro benzene ring substituents is 1. The molecule has 0 aliphatic carbocycles. The largest absolute Gasteiger partial charge is 0.326 e. The second-order valence-electron chi connectivity index (χ2n) is 3.95. The number of nitrogens with zero attached hydrogens (tertiary/aromatic N) is 1. The number of nitro benzene ring substituents is 1. The van der Waals surface area contributed by atoms with E-state index in [1.54, 1.807) is 12.1 Å². The summed E-state index contributed by atoms with van der Waals surface area (Å²) in [4.78, 5) is 21.4. The number of rotatable bonds is 4. The molecule has 1 aromatic rings. The second kappa shape index (κ2) is 5.25. The SMILES string of the molecule is CC(C)CC(=O)Nc1cccc([N+](=O)[O-])c1. The zero-order valence-electron chi connectivity index (χ0n) is 9.27. The van der Waals surface area contributed by atoms with Crippen molar-refractivity contribution in [3.8, 4) is 0 Å². The molecule has 0 spiro atoms. The third-order valence-electron chi connectivity index (χ3n) is 1.93. The summed E-state index contributed by atoms with van der Waals surface area (Å²) in [6, 6.07) is 5.91. The highest BCUT2D eigenvalue weighted by atomic mass is 16.6. The number of carbonyl (C=O) groups excluding carboxylic acids is 1. The van der Waals surface area contributed by atoms with Crippen LogP contribution in [-0.2, 0) is 4.79 Å². The number of amides is 1. The van der Waals surface area contributed by atoms with E-state index in [-0.39, 0.29) is 17.5 Å². The summed E-state index contributed by atoms with van der Waals surface area (Å²) in [7, 11) is 0. The number of benzene rings is 1. The molecule has 5 heteroatoms. The Morgan fingerprint density at radius 3 is 2.75 bits per heavy atom. The van der Waals surface area contributed by atoms with Gasteiger partial charge in [-0.2, -0.15) is 0 Å². The zero-order valence-corrected chi connectivity index (χ0v) is 9.27. The fourth-order valence-electron chi connectivity index (χ4n) is 1.28. The topological polar surface area (TPSA) is 72.2 Å². The third-order valence-corrected chi connectivity index (χ3v) is 1.93. The molecule has 0 aromatic heterocycles. The van der Waals surface area contributed by atoms with Crippen molar-refractivity contribution in [2.24, 2.45) is 5.92 Å². The first-order valence-corrected chi connectivity index (χ1v) is 5.03. The van der Waals surface area contributed by atoms with Gasteiger partial charge in [-0.05, 0) is 12.0 Å². The van der Waals surface area contributed by atoms with E-state index in [9.17, 15) is 14.9 Å². The highest BCUT2D eigenvalue weighted by Gasteiger charge is 2.08. The molecule has 0 aliphatic heterocycles. The van der Waals surface area contributed by atoms with Gasteiger partial charge in [0.2, 0.25) is 5.91 Å². The molecule has 0 heterocycles. The standard InChI is InChI=1S/C11H14N2O3/c1-8(2)6-11(14)12-9-4-3-5-10(7-9)13(15)16/h3-5,7-8H,6H2,1-2H3,(H,12,14). The Balaban J connectivity index is 2.70. The molecule has 0 aliphatic rings. The van der Waals surface area contributed by atoms with Gasteiger partial charge >= 0.3 is 0 Å². The quantitative estimate of drug-likeness (QED) is 0.628. The predicted octanol–water partition coefficient (Wildman–Crippen LogP) is 2.58. The maximum absolute atomic E-state index is 11.4. The number of carbonyl (C=O) groups is 1. The zero-order chi connectivity index (χ0) is 12.1. The maximum Gasteiger partial charge on any atom is 0.271 e. The first-order valence-electron chi connectivity index (χ1n) is 5.03. The number of nitrogens with one attached hydrogen (secondary N) is 1. The first-order chi connectivity index (χ1) is 7.49. The number of nitro groups is 1.